The van der Waals surface area contributed by atoms with Crippen molar-refractivity contribution in [1.29, 1.82) is 0 Å². The number of benzene rings is 1. The first-order chi connectivity index (χ1) is 8.59. The Balaban J connectivity index is 0.00000361. The van der Waals surface area contributed by atoms with Gasteiger partial charge in [-0.3, -0.25) is 0 Å². The molecular formula is C13H19BF3KO2. The van der Waals surface area contributed by atoms with Gasteiger partial charge in [-0.05, 0) is 39.3 Å². The van der Waals surface area contributed by atoms with E-state index in [1.807, 2.05) is 20.8 Å². The predicted molar refractivity (Wildman–Crippen MR) is 71.1 cm³/mol. The Kier molecular flexibility index (Phi) is 8.39. The first-order valence-electron chi connectivity index (χ1n) is 6.17. The van der Waals surface area contributed by atoms with Gasteiger partial charge in [0, 0.05) is 0 Å². The van der Waals surface area contributed by atoms with E-state index in [1.165, 1.54) is 6.07 Å². The van der Waals surface area contributed by atoms with E-state index in [2.05, 4.69) is 0 Å². The zero-order valence-electron chi connectivity index (χ0n) is 12.7. The molecule has 1 aromatic carbocycles. The van der Waals surface area contributed by atoms with Crippen LogP contribution >= 0.6 is 0 Å². The van der Waals surface area contributed by atoms with Crippen molar-refractivity contribution in [2.75, 3.05) is 13.2 Å². The van der Waals surface area contributed by atoms with E-state index in [1.54, 1.807) is 6.92 Å². The Hall–Kier alpha value is 0.471. The van der Waals surface area contributed by atoms with Gasteiger partial charge in [0.15, 0.2) is 0 Å². The zero-order valence-corrected chi connectivity index (χ0v) is 15.8. The van der Waals surface area contributed by atoms with Crippen molar-refractivity contribution in [3.8, 4) is 5.75 Å². The minimum Gasteiger partial charge on any atom is -0.491 e. The molecule has 0 atom stereocenters. The van der Waals surface area contributed by atoms with Crippen molar-refractivity contribution < 1.29 is 73.8 Å². The average Bonchev–Trinajstić information content (AvgIpc) is 2.23. The van der Waals surface area contributed by atoms with Crippen LogP contribution in [0.4, 0.5) is 12.9 Å². The molecule has 0 radical (unpaired) electrons. The van der Waals surface area contributed by atoms with Crippen LogP contribution in [0, 0.1) is 6.92 Å². The van der Waals surface area contributed by atoms with Crippen molar-refractivity contribution in [3.05, 3.63) is 23.8 Å². The summed E-state index contributed by atoms with van der Waals surface area (Å²) in [6.07, 6.45) is 0. The standard InChI is InChI=1S/C13H19BF3O2.K/c1-10-9-11(14(15,16)17)5-6-12(10)18-7-8-19-13(2,3)4;/h5-6,9H,7-8H2,1-4H3;/q-1;+1. The fourth-order valence-corrected chi connectivity index (χ4v) is 1.54. The summed E-state index contributed by atoms with van der Waals surface area (Å²) in [5.74, 6) is 0.460. The van der Waals surface area contributed by atoms with Gasteiger partial charge in [0.1, 0.15) is 12.4 Å². The summed E-state index contributed by atoms with van der Waals surface area (Å²) in [5, 5.41) is 0. The van der Waals surface area contributed by atoms with Crippen LogP contribution in [0.1, 0.15) is 26.3 Å². The Morgan fingerprint density at radius 3 is 2.15 bits per heavy atom. The second-order valence-corrected chi connectivity index (χ2v) is 5.41. The zero-order chi connectivity index (χ0) is 14.7. The smallest absolute Gasteiger partial charge is 0.491 e. The van der Waals surface area contributed by atoms with E-state index in [0.717, 1.165) is 12.1 Å². The van der Waals surface area contributed by atoms with Crippen molar-refractivity contribution in [2.24, 2.45) is 0 Å². The van der Waals surface area contributed by atoms with Crippen LogP contribution in [0.3, 0.4) is 0 Å². The largest absolute Gasteiger partial charge is 1.00 e. The summed E-state index contributed by atoms with van der Waals surface area (Å²) in [7, 11) is 0. The molecule has 0 aliphatic heterocycles. The maximum Gasteiger partial charge on any atom is 1.00 e. The average molecular weight is 314 g/mol. The molecule has 1 aromatic rings. The SMILES string of the molecule is Cc1cc([B-](F)(F)F)ccc1OCCOC(C)(C)C.[K+]. The molecule has 0 saturated carbocycles. The van der Waals surface area contributed by atoms with Crippen LogP contribution in [0.25, 0.3) is 0 Å². The van der Waals surface area contributed by atoms with Gasteiger partial charge >= 0.3 is 58.4 Å². The van der Waals surface area contributed by atoms with E-state index in [-0.39, 0.29) is 57.0 Å². The summed E-state index contributed by atoms with van der Waals surface area (Å²) < 4.78 is 48.5. The van der Waals surface area contributed by atoms with E-state index >= 15 is 0 Å². The van der Waals surface area contributed by atoms with E-state index < -0.39 is 12.4 Å². The van der Waals surface area contributed by atoms with Crippen LogP contribution in [-0.2, 0) is 4.74 Å². The van der Waals surface area contributed by atoms with Gasteiger partial charge in [-0.25, -0.2) is 0 Å². The Bertz CT molecular complexity index is 431. The second kappa shape index (κ2) is 8.20. The predicted octanol–water partition coefficient (Wildman–Crippen LogP) is 0.247. The monoisotopic (exact) mass is 314 g/mol. The van der Waals surface area contributed by atoms with Crippen LogP contribution in [0.5, 0.6) is 5.75 Å². The molecule has 108 valence electrons. The number of hydrogen-bond acceptors (Lipinski definition) is 2. The molecule has 0 spiro atoms. The fourth-order valence-electron chi connectivity index (χ4n) is 1.54. The van der Waals surface area contributed by atoms with Gasteiger partial charge in [-0.2, -0.15) is 0 Å². The van der Waals surface area contributed by atoms with E-state index in [9.17, 15) is 12.9 Å². The number of hydrogen-bond donors (Lipinski definition) is 0. The minimum atomic E-state index is -4.96. The molecule has 0 N–H and O–H groups in total. The first-order valence-corrected chi connectivity index (χ1v) is 6.17. The summed E-state index contributed by atoms with van der Waals surface area (Å²) in [4.78, 5) is 0. The summed E-state index contributed by atoms with van der Waals surface area (Å²) in [6.45, 7) is 3.15. The molecule has 0 unspecified atom stereocenters. The van der Waals surface area contributed by atoms with Gasteiger partial charge in [0.25, 0.3) is 0 Å². The number of ether oxygens (including phenoxy) is 2. The van der Waals surface area contributed by atoms with Gasteiger partial charge < -0.3 is 22.4 Å². The molecule has 0 bridgehead atoms. The van der Waals surface area contributed by atoms with Gasteiger partial charge in [-0.1, -0.05) is 12.1 Å². The maximum absolute atomic E-state index is 12.5. The molecule has 0 saturated heterocycles. The number of halogens is 3. The third-order valence-electron chi connectivity index (χ3n) is 2.45. The fraction of sp³-hybridized carbons (Fsp3) is 0.538. The van der Waals surface area contributed by atoms with Crippen LogP contribution in [-0.4, -0.2) is 25.8 Å². The second-order valence-electron chi connectivity index (χ2n) is 5.41. The first kappa shape index (κ1) is 20.5. The van der Waals surface area contributed by atoms with Crippen molar-refractivity contribution >= 4 is 12.4 Å². The molecule has 0 fully saturated rings. The molecule has 0 amide bonds. The van der Waals surface area contributed by atoms with E-state index in [4.69, 9.17) is 9.47 Å². The van der Waals surface area contributed by atoms with Crippen molar-refractivity contribution in [2.45, 2.75) is 33.3 Å². The summed E-state index contributed by atoms with van der Waals surface area (Å²) in [5.41, 5.74) is -0.371. The Morgan fingerprint density at radius 1 is 1.10 bits per heavy atom. The van der Waals surface area contributed by atoms with E-state index in [0.29, 0.717) is 24.5 Å². The third-order valence-corrected chi connectivity index (χ3v) is 2.45. The molecule has 0 aromatic heterocycles. The topological polar surface area (TPSA) is 18.5 Å². The molecule has 0 aliphatic carbocycles. The molecule has 0 heterocycles. The Labute approximate surface area is 160 Å². The molecule has 0 aliphatic rings. The summed E-state index contributed by atoms with van der Waals surface area (Å²) in [6, 6.07) is 3.52. The quantitative estimate of drug-likeness (QED) is 0.573. The molecular weight excluding hydrogens is 295 g/mol. The molecule has 1 rings (SSSR count). The van der Waals surface area contributed by atoms with Gasteiger partial charge in [-0.15, -0.1) is 5.46 Å². The van der Waals surface area contributed by atoms with Crippen molar-refractivity contribution in [3.63, 3.8) is 0 Å². The van der Waals surface area contributed by atoms with Crippen LogP contribution < -0.4 is 61.6 Å². The number of rotatable bonds is 5. The Morgan fingerprint density at radius 2 is 1.70 bits per heavy atom. The van der Waals surface area contributed by atoms with Gasteiger partial charge in [0.2, 0.25) is 0 Å². The molecule has 2 nitrogen and oxygen atoms in total. The normalized spacial score (nSPS) is 11.9. The van der Waals surface area contributed by atoms with Crippen LogP contribution in [0.2, 0.25) is 0 Å². The third kappa shape index (κ3) is 7.47. The minimum absolute atomic E-state index is 0. The molecule has 20 heavy (non-hydrogen) atoms. The summed E-state index contributed by atoms with van der Waals surface area (Å²) >= 11 is 0. The maximum atomic E-state index is 12.5. The van der Waals surface area contributed by atoms with Crippen molar-refractivity contribution in [1.82, 2.24) is 0 Å². The molecule has 7 heteroatoms. The van der Waals surface area contributed by atoms with Gasteiger partial charge in [0.05, 0.1) is 12.2 Å². The number of aryl methyl sites for hydroxylation is 1. The van der Waals surface area contributed by atoms with Crippen LogP contribution in [0.15, 0.2) is 18.2 Å².